The number of aliphatic hydroxyl groups is 1. The van der Waals surface area contributed by atoms with Gasteiger partial charge in [-0.2, -0.15) is 0 Å². The van der Waals surface area contributed by atoms with Gasteiger partial charge in [-0.25, -0.2) is 13.5 Å². The Morgan fingerprint density at radius 3 is 2.41 bits per heavy atom. The fourth-order valence-electron chi connectivity index (χ4n) is 4.80. The number of aromatic nitrogens is 3. The van der Waals surface area contributed by atoms with Crippen molar-refractivity contribution in [1.29, 1.82) is 0 Å². The normalized spacial score (nSPS) is 16.4. The van der Waals surface area contributed by atoms with Crippen molar-refractivity contribution in [2.45, 2.75) is 65.6 Å². The van der Waals surface area contributed by atoms with E-state index in [-0.39, 0.29) is 29.9 Å². The number of hydrogen-bond acceptors (Lipinski definition) is 5. The highest BCUT2D eigenvalue weighted by atomic mass is 19.2. The number of aryl methyl sites for hydroxylation is 1. The smallest absolute Gasteiger partial charge is 0.248 e. The molecule has 39 heavy (non-hydrogen) atoms. The molecule has 3 unspecified atom stereocenters. The minimum Gasteiger partial charge on any atom is -0.394 e. The number of carbonyl (C=O) groups is 2. The molecule has 210 valence electrons. The van der Waals surface area contributed by atoms with E-state index in [0.29, 0.717) is 36.2 Å². The number of carbonyl (C=O) groups excluding carboxylic acids is 2. The molecule has 2 amide bonds. The molecule has 2 N–H and O–H groups in total. The highest BCUT2D eigenvalue weighted by Crippen LogP contribution is 2.28. The van der Waals surface area contributed by atoms with Crippen LogP contribution in [0, 0.1) is 24.5 Å². The van der Waals surface area contributed by atoms with Gasteiger partial charge in [-0.05, 0) is 42.9 Å². The topological polar surface area (TPSA) is 100 Å². The standard InChI is InChI=1S/C27H31F2N5O3.C2H6/c1-16(2)25(34-14-17(3)31-32-34)27(37)33-13-5-8-23(33)26(36)30-22(15-35)19-11-9-18(10-12-19)20-6-4-7-21(28)24(20)29;1-2/h4,6-7,9-12,14,16,22-23,25,35H,5,8,13,15H2,1-3H3,(H,30,36);1-2H3. The summed E-state index contributed by atoms with van der Waals surface area (Å²) in [4.78, 5) is 28.4. The number of benzene rings is 2. The van der Waals surface area contributed by atoms with Crippen LogP contribution in [0.5, 0.6) is 0 Å². The fourth-order valence-corrected chi connectivity index (χ4v) is 4.80. The summed E-state index contributed by atoms with van der Waals surface area (Å²) in [7, 11) is 0. The lowest BCUT2D eigenvalue weighted by Gasteiger charge is -2.30. The maximum atomic E-state index is 14.2. The summed E-state index contributed by atoms with van der Waals surface area (Å²) in [5.41, 5.74) is 1.90. The second kappa shape index (κ2) is 13.4. The summed E-state index contributed by atoms with van der Waals surface area (Å²) in [5.74, 6) is -2.49. The van der Waals surface area contributed by atoms with E-state index in [1.54, 1.807) is 47.0 Å². The Morgan fingerprint density at radius 2 is 1.82 bits per heavy atom. The lowest BCUT2D eigenvalue weighted by Crippen LogP contribution is -2.50. The Bertz CT molecular complexity index is 1260. The molecule has 0 saturated carbocycles. The lowest BCUT2D eigenvalue weighted by atomic mass is 10.00. The van der Waals surface area contributed by atoms with Crippen LogP contribution in [-0.4, -0.2) is 56.0 Å². The molecule has 4 rings (SSSR count). The van der Waals surface area contributed by atoms with E-state index in [1.807, 2.05) is 27.7 Å². The van der Waals surface area contributed by atoms with Crippen LogP contribution in [0.25, 0.3) is 11.1 Å². The Kier molecular flexibility index (Phi) is 10.3. The monoisotopic (exact) mass is 541 g/mol. The van der Waals surface area contributed by atoms with Crippen molar-refractivity contribution >= 4 is 11.8 Å². The summed E-state index contributed by atoms with van der Waals surface area (Å²) in [6.07, 6.45) is 2.91. The lowest BCUT2D eigenvalue weighted by molar-refractivity contribution is -0.142. The van der Waals surface area contributed by atoms with Gasteiger partial charge in [0.25, 0.3) is 0 Å². The average molecular weight is 542 g/mol. The highest BCUT2D eigenvalue weighted by molar-refractivity contribution is 5.90. The van der Waals surface area contributed by atoms with Gasteiger partial charge >= 0.3 is 0 Å². The second-order valence-electron chi connectivity index (χ2n) is 9.69. The zero-order chi connectivity index (χ0) is 28.7. The van der Waals surface area contributed by atoms with Crippen LogP contribution in [0.3, 0.4) is 0 Å². The molecule has 3 aromatic rings. The summed E-state index contributed by atoms with van der Waals surface area (Å²) in [6, 6.07) is 8.51. The Morgan fingerprint density at radius 1 is 1.13 bits per heavy atom. The van der Waals surface area contributed by atoms with Crippen molar-refractivity contribution in [3.05, 3.63) is 71.6 Å². The van der Waals surface area contributed by atoms with E-state index < -0.39 is 29.8 Å². The third kappa shape index (κ3) is 6.68. The van der Waals surface area contributed by atoms with E-state index in [1.165, 1.54) is 12.1 Å². The molecule has 10 heteroatoms. The van der Waals surface area contributed by atoms with E-state index >= 15 is 0 Å². The van der Waals surface area contributed by atoms with Gasteiger partial charge in [0.05, 0.1) is 18.3 Å². The van der Waals surface area contributed by atoms with Crippen LogP contribution in [-0.2, 0) is 9.59 Å². The molecule has 0 radical (unpaired) electrons. The number of amides is 2. The molecule has 1 aromatic heterocycles. The van der Waals surface area contributed by atoms with E-state index in [9.17, 15) is 23.5 Å². The minimum absolute atomic E-state index is 0.0652. The first-order valence-corrected chi connectivity index (χ1v) is 13.4. The molecule has 3 atom stereocenters. The van der Waals surface area contributed by atoms with Crippen molar-refractivity contribution in [3.63, 3.8) is 0 Å². The number of nitrogens with one attached hydrogen (secondary N) is 1. The van der Waals surface area contributed by atoms with Crippen LogP contribution >= 0.6 is 0 Å². The van der Waals surface area contributed by atoms with Gasteiger partial charge < -0.3 is 15.3 Å². The summed E-state index contributed by atoms with van der Waals surface area (Å²) >= 11 is 0. The molecule has 2 aromatic carbocycles. The van der Waals surface area contributed by atoms with E-state index in [4.69, 9.17) is 0 Å². The SMILES string of the molecule is CC.Cc1cn(C(C(=O)N2CCCC2C(=O)NC(CO)c2ccc(-c3cccc(F)c3F)cc2)C(C)C)nn1. The molecule has 0 spiro atoms. The Labute approximate surface area is 228 Å². The van der Waals surface area contributed by atoms with Gasteiger partial charge in [-0.1, -0.05) is 69.3 Å². The largest absolute Gasteiger partial charge is 0.394 e. The highest BCUT2D eigenvalue weighted by Gasteiger charge is 2.39. The summed E-state index contributed by atoms with van der Waals surface area (Å²) in [6.45, 7) is 9.73. The second-order valence-corrected chi connectivity index (χ2v) is 9.69. The van der Waals surface area contributed by atoms with Crippen molar-refractivity contribution in [3.8, 4) is 11.1 Å². The van der Waals surface area contributed by atoms with Gasteiger partial charge in [0.2, 0.25) is 11.8 Å². The maximum Gasteiger partial charge on any atom is 0.248 e. The number of rotatable bonds is 8. The number of aliphatic hydroxyl groups excluding tert-OH is 1. The predicted molar refractivity (Wildman–Crippen MR) is 144 cm³/mol. The Hall–Kier alpha value is -3.66. The summed E-state index contributed by atoms with van der Waals surface area (Å²) in [5, 5.41) is 20.9. The van der Waals surface area contributed by atoms with Gasteiger partial charge in [0.1, 0.15) is 12.1 Å². The first-order chi connectivity index (χ1) is 18.7. The molecular weight excluding hydrogens is 504 g/mol. The number of halogens is 2. The minimum atomic E-state index is -0.936. The quantitative estimate of drug-likeness (QED) is 0.434. The molecule has 2 heterocycles. The fraction of sp³-hybridized carbons (Fsp3) is 0.448. The van der Waals surface area contributed by atoms with E-state index in [0.717, 1.165) is 6.07 Å². The van der Waals surface area contributed by atoms with Gasteiger partial charge in [0.15, 0.2) is 11.6 Å². The average Bonchev–Trinajstić information content (AvgIpc) is 3.59. The van der Waals surface area contributed by atoms with Crippen molar-refractivity contribution in [1.82, 2.24) is 25.2 Å². The molecule has 1 aliphatic heterocycles. The summed E-state index contributed by atoms with van der Waals surface area (Å²) < 4.78 is 29.3. The third-order valence-electron chi connectivity index (χ3n) is 6.71. The zero-order valence-electron chi connectivity index (χ0n) is 23.1. The molecular formula is C29H37F2N5O3. The van der Waals surface area contributed by atoms with E-state index in [2.05, 4.69) is 15.6 Å². The maximum absolute atomic E-state index is 14.2. The van der Waals surface area contributed by atoms with Crippen LogP contribution in [0.4, 0.5) is 8.78 Å². The van der Waals surface area contributed by atoms with Gasteiger partial charge in [-0.3, -0.25) is 9.59 Å². The Balaban J connectivity index is 0.00000205. The molecule has 0 aliphatic carbocycles. The van der Waals surface area contributed by atoms with Gasteiger partial charge in [0, 0.05) is 18.3 Å². The van der Waals surface area contributed by atoms with Crippen molar-refractivity contribution in [2.75, 3.05) is 13.2 Å². The molecule has 8 nitrogen and oxygen atoms in total. The van der Waals surface area contributed by atoms with Crippen LogP contribution in [0.2, 0.25) is 0 Å². The molecule has 1 fully saturated rings. The first kappa shape index (κ1) is 29.9. The van der Waals surface area contributed by atoms with Crippen LogP contribution < -0.4 is 5.32 Å². The first-order valence-electron chi connectivity index (χ1n) is 13.4. The van der Waals surface area contributed by atoms with Gasteiger partial charge in [-0.15, -0.1) is 5.10 Å². The molecule has 1 aliphatic rings. The third-order valence-corrected chi connectivity index (χ3v) is 6.71. The van der Waals surface area contributed by atoms with Crippen molar-refractivity contribution < 1.29 is 23.5 Å². The molecule has 1 saturated heterocycles. The number of nitrogens with zero attached hydrogens (tertiary/aromatic N) is 4. The van der Waals surface area contributed by atoms with Crippen LogP contribution in [0.1, 0.15) is 63.9 Å². The van der Waals surface area contributed by atoms with Crippen molar-refractivity contribution in [2.24, 2.45) is 5.92 Å². The predicted octanol–water partition coefficient (Wildman–Crippen LogP) is 4.60. The molecule has 0 bridgehead atoms. The van der Waals surface area contributed by atoms with Crippen LogP contribution in [0.15, 0.2) is 48.7 Å². The number of likely N-dealkylation sites (tertiary alicyclic amines) is 1. The zero-order valence-corrected chi connectivity index (χ0v) is 23.1. The number of hydrogen-bond donors (Lipinski definition) is 2.